The number of amides is 1. The van der Waals surface area contributed by atoms with Crippen LogP contribution < -0.4 is 5.32 Å². The third-order valence-corrected chi connectivity index (χ3v) is 12.9. The Kier molecular flexibility index (Phi) is 8.22. The molecule has 5 aliphatic rings. The van der Waals surface area contributed by atoms with Gasteiger partial charge in [0.15, 0.2) is 0 Å². The van der Waals surface area contributed by atoms with Crippen molar-refractivity contribution in [3.63, 3.8) is 0 Å². The van der Waals surface area contributed by atoms with Crippen molar-refractivity contribution in [2.45, 2.75) is 132 Å². The standard InChI is InChI=1S/C33H51NO2S2/c1-31(2,3)25-14-24(15-26(30(25)36)32(4,5)6)38-28-10-8-7-9-27(28)37-19-29(35)34-20-33-16-21-11-22(17-33)13-23(12-21)18-33/h14-15,21-23,27-28,36H,7-13,16-20H2,1-6H3,(H,34,35)/t21?,22?,23?,27-,28-,33?/m1/s1. The molecular formula is C33H51NO2S2. The molecule has 2 atom stereocenters. The summed E-state index contributed by atoms with van der Waals surface area (Å²) in [7, 11) is 0. The summed E-state index contributed by atoms with van der Waals surface area (Å²) < 4.78 is 0. The maximum Gasteiger partial charge on any atom is 0.230 e. The van der Waals surface area contributed by atoms with Crippen molar-refractivity contribution >= 4 is 29.4 Å². The lowest BCUT2D eigenvalue weighted by molar-refractivity contribution is -0.120. The van der Waals surface area contributed by atoms with Crippen LogP contribution in [0.5, 0.6) is 5.75 Å². The van der Waals surface area contributed by atoms with E-state index in [2.05, 4.69) is 59.0 Å². The average molecular weight is 558 g/mol. The van der Waals surface area contributed by atoms with Crippen LogP contribution in [0.3, 0.4) is 0 Å². The lowest BCUT2D eigenvalue weighted by Crippen LogP contribution is -2.51. The highest BCUT2D eigenvalue weighted by molar-refractivity contribution is 8.04. The van der Waals surface area contributed by atoms with E-state index >= 15 is 0 Å². The Morgan fingerprint density at radius 2 is 1.39 bits per heavy atom. The number of carbonyl (C=O) groups excluding carboxylic acids is 1. The molecule has 4 bridgehead atoms. The second-order valence-electron chi connectivity index (χ2n) is 15.4. The third kappa shape index (κ3) is 6.40. The van der Waals surface area contributed by atoms with E-state index in [0.29, 0.717) is 27.4 Å². The molecule has 6 rings (SSSR count). The Morgan fingerprint density at radius 3 is 1.89 bits per heavy atom. The summed E-state index contributed by atoms with van der Waals surface area (Å²) in [5.41, 5.74) is 2.26. The maximum atomic E-state index is 13.0. The lowest BCUT2D eigenvalue weighted by atomic mass is 9.49. The van der Waals surface area contributed by atoms with Gasteiger partial charge in [0.2, 0.25) is 5.91 Å². The Hall–Kier alpha value is -0.810. The van der Waals surface area contributed by atoms with Gasteiger partial charge >= 0.3 is 0 Å². The Balaban J connectivity index is 1.20. The van der Waals surface area contributed by atoms with Gasteiger partial charge in [0.05, 0.1) is 5.75 Å². The van der Waals surface area contributed by atoms with Crippen molar-refractivity contribution in [1.29, 1.82) is 0 Å². The van der Waals surface area contributed by atoms with Crippen molar-refractivity contribution in [2.75, 3.05) is 12.3 Å². The van der Waals surface area contributed by atoms with Crippen molar-refractivity contribution in [3.8, 4) is 5.75 Å². The molecule has 0 heterocycles. The summed E-state index contributed by atoms with van der Waals surface area (Å²) in [4.78, 5) is 14.3. The first-order valence-corrected chi connectivity index (χ1v) is 17.2. The normalized spacial score (nSPS) is 32.9. The number of hydrogen-bond donors (Lipinski definition) is 2. The largest absolute Gasteiger partial charge is 0.507 e. The van der Waals surface area contributed by atoms with Crippen LogP contribution >= 0.6 is 23.5 Å². The predicted molar refractivity (Wildman–Crippen MR) is 163 cm³/mol. The molecule has 0 aliphatic heterocycles. The van der Waals surface area contributed by atoms with Crippen LogP contribution in [-0.4, -0.2) is 33.8 Å². The molecule has 5 aliphatic carbocycles. The first-order valence-electron chi connectivity index (χ1n) is 15.2. The van der Waals surface area contributed by atoms with Crippen LogP contribution in [0.4, 0.5) is 0 Å². The molecule has 5 heteroatoms. The number of nitrogens with one attached hydrogen (secondary N) is 1. The number of carbonyl (C=O) groups is 1. The number of thioether (sulfide) groups is 2. The number of phenols is 1. The fourth-order valence-corrected chi connectivity index (χ4v) is 11.3. The monoisotopic (exact) mass is 557 g/mol. The van der Waals surface area contributed by atoms with Gasteiger partial charge in [-0.25, -0.2) is 0 Å². The van der Waals surface area contributed by atoms with Gasteiger partial charge in [-0.15, -0.1) is 23.5 Å². The zero-order chi connectivity index (χ0) is 27.3. The Labute approximate surface area is 240 Å². The van der Waals surface area contributed by atoms with Crippen LogP contribution in [-0.2, 0) is 15.6 Å². The lowest BCUT2D eigenvalue weighted by Gasteiger charge is -2.56. The zero-order valence-corrected chi connectivity index (χ0v) is 26.3. The first-order chi connectivity index (χ1) is 17.8. The number of rotatable bonds is 7. The van der Waals surface area contributed by atoms with E-state index in [1.54, 1.807) is 0 Å². The average Bonchev–Trinajstić information content (AvgIpc) is 2.81. The van der Waals surface area contributed by atoms with Gasteiger partial charge < -0.3 is 10.4 Å². The molecule has 0 radical (unpaired) electrons. The highest BCUT2D eigenvalue weighted by atomic mass is 32.2. The molecule has 0 saturated heterocycles. The summed E-state index contributed by atoms with van der Waals surface area (Å²) in [6.07, 6.45) is 13.4. The molecule has 5 saturated carbocycles. The first kappa shape index (κ1) is 28.7. The SMILES string of the molecule is CC(C)(C)c1cc(S[C@@H]2CCCC[C@H]2SCC(=O)NCC23CC4CC(CC(C4)C2)C3)cc(C(C)(C)C)c1O. The van der Waals surface area contributed by atoms with E-state index in [1.165, 1.54) is 69.1 Å². The minimum absolute atomic E-state index is 0.115. The molecule has 212 valence electrons. The highest BCUT2D eigenvalue weighted by Crippen LogP contribution is 2.59. The van der Waals surface area contributed by atoms with Gasteiger partial charge in [-0.1, -0.05) is 54.4 Å². The van der Waals surface area contributed by atoms with Crippen molar-refractivity contribution < 1.29 is 9.90 Å². The summed E-state index contributed by atoms with van der Waals surface area (Å²) >= 11 is 3.87. The Bertz CT molecular complexity index is 951. The molecular weight excluding hydrogens is 507 g/mol. The summed E-state index contributed by atoms with van der Waals surface area (Å²) in [6, 6.07) is 4.45. The van der Waals surface area contributed by atoms with Gasteiger partial charge in [0, 0.05) is 33.1 Å². The molecule has 1 aromatic carbocycles. The fraction of sp³-hybridized carbons (Fsp3) is 0.788. The fourth-order valence-electron chi connectivity index (χ4n) is 8.41. The van der Waals surface area contributed by atoms with Crippen molar-refractivity contribution in [1.82, 2.24) is 5.32 Å². The maximum absolute atomic E-state index is 13.0. The molecule has 38 heavy (non-hydrogen) atoms. The molecule has 1 aromatic rings. The van der Waals surface area contributed by atoms with Crippen LogP contribution in [0, 0.1) is 23.2 Å². The van der Waals surface area contributed by atoms with Crippen LogP contribution in [0.1, 0.15) is 117 Å². The van der Waals surface area contributed by atoms with E-state index in [-0.39, 0.29) is 16.7 Å². The van der Waals surface area contributed by atoms with Gasteiger partial charge in [0.25, 0.3) is 0 Å². The molecule has 0 spiro atoms. The zero-order valence-electron chi connectivity index (χ0n) is 24.7. The predicted octanol–water partition coefficient (Wildman–Crippen LogP) is 8.46. The van der Waals surface area contributed by atoms with Gasteiger partial charge in [-0.3, -0.25) is 4.79 Å². The van der Waals surface area contributed by atoms with Crippen LogP contribution in [0.15, 0.2) is 17.0 Å². The van der Waals surface area contributed by atoms with Gasteiger partial charge in [-0.05, 0) is 97.5 Å². The highest BCUT2D eigenvalue weighted by Gasteiger charge is 2.50. The van der Waals surface area contributed by atoms with E-state index in [1.807, 2.05) is 23.5 Å². The van der Waals surface area contributed by atoms with Crippen molar-refractivity contribution in [3.05, 3.63) is 23.3 Å². The quantitative estimate of drug-likeness (QED) is 0.353. The molecule has 0 unspecified atom stereocenters. The number of phenolic OH excluding ortho intramolecular Hbond substituents is 1. The van der Waals surface area contributed by atoms with E-state index in [0.717, 1.165) is 35.4 Å². The molecule has 5 fully saturated rings. The summed E-state index contributed by atoms with van der Waals surface area (Å²) in [5, 5.41) is 15.6. The molecule has 2 N–H and O–H groups in total. The number of benzene rings is 1. The van der Waals surface area contributed by atoms with Crippen molar-refractivity contribution in [2.24, 2.45) is 23.2 Å². The minimum atomic E-state index is -0.115. The molecule has 3 nitrogen and oxygen atoms in total. The topological polar surface area (TPSA) is 49.3 Å². The third-order valence-electron chi connectivity index (χ3n) is 9.88. The minimum Gasteiger partial charge on any atom is -0.507 e. The summed E-state index contributed by atoms with van der Waals surface area (Å²) in [5.74, 6) is 4.10. The van der Waals surface area contributed by atoms with Gasteiger partial charge in [-0.2, -0.15) is 0 Å². The van der Waals surface area contributed by atoms with E-state index < -0.39 is 0 Å². The number of hydrogen-bond acceptors (Lipinski definition) is 4. The van der Waals surface area contributed by atoms with Gasteiger partial charge in [0.1, 0.15) is 5.75 Å². The molecule has 0 aromatic heterocycles. The summed E-state index contributed by atoms with van der Waals surface area (Å²) in [6.45, 7) is 14.0. The van der Waals surface area contributed by atoms with E-state index in [9.17, 15) is 9.90 Å². The second-order valence-corrected chi connectivity index (χ2v) is 17.9. The van der Waals surface area contributed by atoms with E-state index in [4.69, 9.17) is 0 Å². The Morgan fingerprint density at radius 1 is 0.895 bits per heavy atom. The smallest absolute Gasteiger partial charge is 0.230 e. The number of aromatic hydroxyl groups is 1. The van der Waals surface area contributed by atoms with Crippen LogP contribution in [0.25, 0.3) is 0 Å². The molecule has 1 amide bonds. The van der Waals surface area contributed by atoms with Crippen LogP contribution in [0.2, 0.25) is 0 Å². The second kappa shape index (κ2) is 10.9.